The molecule has 5 heteroatoms. The van der Waals surface area contributed by atoms with Gasteiger partial charge in [-0.1, -0.05) is 17.9 Å². The van der Waals surface area contributed by atoms with E-state index in [1.165, 1.54) is 0 Å². The molecule has 1 amide bonds. The normalized spacial score (nSPS) is 18.0. The molecule has 0 aliphatic carbocycles. The number of aliphatic hydroxyl groups is 2. The average Bonchev–Trinajstić information content (AvgIpc) is 2.53. The highest BCUT2D eigenvalue weighted by molar-refractivity contribution is 5.94. The Labute approximate surface area is 124 Å². The van der Waals surface area contributed by atoms with Gasteiger partial charge in [0.25, 0.3) is 5.91 Å². The van der Waals surface area contributed by atoms with Crippen molar-refractivity contribution in [1.29, 1.82) is 0 Å². The lowest BCUT2D eigenvalue weighted by molar-refractivity contribution is -0.0447. The first-order valence-electron chi connectivity index (χ1n) is 6.88. The summed E-state index contributed by atoms with van der Waals surface area (Å²) in [6, 6.07) is 5.35. The van der Waals surface area contributed by atoms with E-state index in [-0.39, 0.29) is 25.2 Å². The molecule has 1 unspecified atom stereocenters. The van der Waals surface area contributed by atoms with Crippen molar-refractivity contribution in [2.75, 3.05) is 32.9 Å². The third-order valence-corrected chi connectivity index (χ3v) is 3.42. The van der Waals surface area contributed by atoms with E-state index in [2.05, 4.69) is 11.8 Å². The Morgan fingerprint density at radius 2 is 2.29 bits per heavy atom. The maximum atomic E-state index is 12.5. The molecule has 0 bridgehead atoms. The Kier molecular flexibility index (Phi) is 5.34. The zero-order chi connectivity index (χ0) is 15.2. The van der Waals surface area contributed by atoms with Crippen LogP contribution in [0.25, 0.3) is 0 Å². The van der Waals surface area contributed by atoms with Crippen LogP contribution in [0.5, 0.6) is 0 Å². The van der Waals surface area contributed by atoms with Crippen molar-refractivity contribution in [2.45, 2.75) is 13.0 Å². The molecule has 1 atom stereocenters. The van der Waals surface area contributed by atoms with Crippen LogP contribution in [0.4, 0.5) is 0 Å². The van der Waals surface area contributed by atoms with Crippen LogP contribution in [-0.4, -0.2) is 60.0 Å². The maximum absolute atomic E-state index is 12.5. The number of hydrogen-bond acceptors (Lipinski definition) is 4. The number of aliphatic hydroxyl groups excluding tert-OH is 2. The number of hydrogen-bond donors (Lipinski definition) is 2. The highest BCUT2D eigenvalue weighted by Gasteiger charge is 2.24. The lowest BCUT2D eigenvalue weighted by atomic mass is 10.0. The number of morpholine rings is 1. The lowest BCUT2D eigenvalue weighted by Gasteiger charge is -2.32. The molecule has 5 nitrogen and oxygen atoms in total. The summed E-state index contributed by atoms with van der Waals surface area (Å²) >= 11 is 0. The molecule has 1 heterocycles. The van der Waals surface area contributed by atoms with Crippen molar-refractivity contribution in [1.82, 2.24) is 4.90 Å². The van der Waals surface area contributed by atoms with Crippen LogP contribution in [0.3, 0.4) is 0 Å². The Morgan fingerprint density at radius 3 is 3.00 bits per heavy atom. The number of ether oxygens (including phenoxy) is 1. The van der Waals surface area contributed by atoms with Crippen molar-refractivity contribution in [2.24, 2.45) is 0 Å². The summed E-state index contributed by atoms with van der Waals surface area (Å²) < 4.78 is 5.35. The van der Waals surface area contributed by atoms with Gasteiger partial charge in [0, 0.05) is 24.2 Å². The summed E-state index contributed by atoms with van der Waals surface area (Å²) in [7, 11) is 0. The largest absolute Gasteiger partial charge is 0.394 e. The summed E-state index contributed by atoms with van der Waals surface area (Å²) in [5.41, 5.74) is 2.26. The van der Waals surface area contributed by atoms with E-state index in [9.17, 15) is 4.79 Å². The lowest BCUT2D eigenvalue weighted by Crippen LogP contribution is -2.46. The van der Waals surface area contributed by atoms with Crippen LogP contribution in [-0.2, 0) is 4.74 Å². The van der Waals surface area contributed by atoms with Gasteiger partial charge in [-0.3, -0.25) is 4.79 Å². The molecule has 112 valence electrons. The third-order valence-electron chi connectivity index (χ3n) is 3.42. The van der Waals surface area contributed by atoms with Gasteiger partial charge in [0.05, 0.1) is 19.3 Å². The minimum Gasteiger partial charge on any atom is -0.394 e. The quantitative estimate of drug-likeness (QED) is 0.762. The Morgan fingerprint density at radius 1 is 1.48 bits per heavy atom. The fraction of sp³-hybridized carbons (Fsp3) is 0.438. The van der Waals surface area contributed by atoms with Gasteiger partial charge in [0.1, 0.15) is 6.61 Å². The summed E-state index contributed by atoms with van der Waals surface area (Å²) in [5.74, 6) is 5.35. The fourth-order valence-electron chi connectivity index (χ4n) is 2.22. The summed E-state index contributed by atoms with van der Waals surface area (Å²) in [6.45, 7) is 2.94. The molecule has 2 N–H and O–H groups in total. The molecular weight excluding hydrogens is 270 g/mol. The number of aryl methyl sites for hydroxylation is 1. The third kappa shape index (κ3) is 3.82. The van der Waals surface area contributed by atoms with Crippen LogP contribution in [0, 0.1) is 18.8 Å². The van der Waals surface area contributed by atoms with Gasteiger partial charge in [-0.15, -0.1) is 0 Å². The van der Waals surface area contributed by atoms with E-state index in [0.717, 1.165) is 11.1 Å². The van der Waals surface area contributed by atoms with Crippen LogP contribution in [0.2, 0.25) is 0 Å². The first-order chi connectivity index (χ1) is 10.2. The van der Waals surface area contributed by atoms with Crippen molar-refractivity contribution >= 4 is 5.91 Å². The predicted octanol–water partition coefficient (Wildman–Crippen LogP) is 0.172. The first-order valence-corrected chi connectivity index (χ1v) is 6.88. The number of rotatable bonds is 2. The minimum absolute atomic E-state index is 0.0924. The highest BCUT2D eigenvalue weighted by Crippen LogP contribution is 2.14. The minimum atomic E-state index is -0.318. The molecule has 2 rings (SSSR count). The maximum Gasteiger partial charge on any atom is 0.254 e. The second kappa shape index (κ2) is 7.23. The van der Waals surface area contributed by atoms with E-state index in [1.54, 1.807) is 17.0 Å². The van der Waals surface area contributed by atoms with Crippen LogP contribution in [0.1, 0.15) is 21.5 Å². The Bertz CT molecular complexity index is 573. The van der Waals surface area contributed by atoms with Gasteiger partial charge in [-0.25, -0.2) is 0 Å². The van der Waals surface area contributed by atoms with E-state index >= 15 is 0 Å². The first kappa shape index (κ1) is 15.5. The molecule has 1 fully saturated rings. The number of carbonyl (C=O) groups is 1. The summed E-state index contributed by atoms with van der Waals surface area (Å²) in [5, 5.41) is 17.9. The number of benzene rings is 1. The number of carbonyl (C=O) groups excluding carboxylic acids is 1. The van der Waals surface area contributed by atoms with Gasteiger partial charge in [0.2, 0.25) is 0 Å². The molecular formula is C16H19NO4. The van der Waals surface area contributed by atoms with Crippen molar-refractivity contribution in [3.8, 4) is 11.8 Å². The fourth-order valence-corrected chi connectivity index (χ4v) is 2.22. The van der Waals surface area contributed by atoms with Crippen LogP contribution < -0.4 is 0 Å². The van der Waals surface area contributed by atoms with E-state index in [0.29, 0.717) is 25.3 Å². The van der Waals surface area contributed by atoms with Crippen molar-refractivity contribution in [3.05, 3.63) is 34.9 Å². The number of nitrogens with zero attached hydrogens (tertiary/aromatic N) is 1. The van der Waals surface area contributed by atoms with Gasteiger partial charge < -0.3 is 19.8 Å². The molecule has 0 saturated carbocycles. The molecule has 1 aromatic carbocycles. The van der Waals surface area contributed by atoms with Crippen molar-refractivity contribution < 1.29 is 19.7 Å². The zero-order valence-electron chi connectivity index (χ0n) is 12.0. The van der Waals surface area contributed by atoms with Gasteiger partial charge in [-0.05, 0) is 24.6 Å². The second-order valence-electron chi connectivity index (χ2n) is 4.92. The molecule has 21 heavy (non-hydrogen) atoms. The SMILES string of the molecule is Cc1ccc(C(=O)N2CCOC(CO)C2)cc1C#CCO. The second-order valence-corrected chi connectivity index (χ2v) is 4.92. The van der Waals surface area contributed by atoms with Gasteiger partial charge in [0.15, 0.2) is 0 Å². The topological polar surface area (TPSA) is 70.0 Å². The number of amides is 1. The molecule has 1 saturated heterocycles. The van der Waals surface area contributed by atoms with Gasteiger partial charge >= 0.3 is 0 Å². The Hall–Kier alpha value is -1.87. The monoisotopic (exact) mass is 289 g/mol. The summed E-state index contributed by atoms with van der Waals surface area (Å²) in [4.78, 5) is 14.2. The van der Waals surface area contributed by atoms with Crippen molar-refractivity contribution in [3.63, 3.8) is 0 Å². The van der Waals surface area contributed by atoms with E-state index in [1.807, 2.05) is 13.0 Å². The molecule has 1 aliphatic heterocycles. The molecule has 0 spiro atoms. The van der Waals surface area contributed by atoms with Gasteiger partial charge in [-0.2, -0.15) is 0 Å². The zero-order valence-corrected chi connectivity index (χ0v) is 12.0. The average molecular weight is 289 g/mol. The Balaban J connectivity index is 2.19. The smallest absolute Gasteiger partial charge is 0.254 e. The molecule has 0 aromatic heterocycles. The molecule has 1 aliphatic rings. The van der Waals surface area contributed by atoms with Crippen LogP contribution >= 0.6 is 0 Å². The molecule has 0 radical (unpaired) electrons. The molecule has 1 aromatic rings. The summed E-state index contributed by atoms with van der Waals surface area (Å²) in [6.07, 6.45) is -0.318. The standard InChI is InChI=1S/C16H19NO4/c1-12-4-5-14(9-13(12)3-2-7-18)16(20)17-6-8-21-15(10-17)11-19/h4-5,9,15,18-19H,6-8,10-11H2,1H3. The highest BCUT2D eigenvalue weighted by atomic mass is 16.5. The van der Waals surface area contributed by atoms with Crippen LogP contribution in [0.15, 0.2) is 18.2 Å². The van der Waals surface area contributed by atoms with E-state index < -0.39 is 0 Å². The van der Waals surface area contributed by atoms with E-state index in [4.69, 9.17) is 14.9 Å². The predicted molar refractivity (Wildman–Crippen MR) is 77.9 cm³/mol.